The smallest absolute Gasteiger partial charge is 0.138 e. The molecule has 2 nitrogen and oxygen atoms in total. The van der Waals surface area contributed by atoms with Gasteiger partial charge in [-0.3, -0.25) is 4.79 Å². The van der Waals surface area contributed by atoms with E-state index in [1.165, 1.54) is 44.8 Å². The van der Waals surface area contributed by atoms with Crippen LogP contribution in [0.25, 0.3) is 0 Å². The molecule has 0 unspecified atom stereocenters. The van der Waals surface area contributed by atoms with Crippen molar-refractivity contribution in [1.29, 1.82) is 0 Å². The van der Waals surface area contributed by atoms with E-state index >= 15 is 0 Å². The highest BCUT2D eigenvalue weighted by Gasteiger charge is 2.67. The van der Waals surface area contributed by atoms with Crippen molar-refractivity contribution >= 4 is 12.1 Å². The number of carbonyl (C=O) groups excluding carboxylic acids is 2. The molecule has 0 saturated heterocycles. The Morgan fingerprint density at radius 1 is 0.812 bits per heavy atom. The van der Waals surface area contributed by atoms with Gasteiger partial charge in [-0.25, -0.2) is 0 Å². The fourth-order valence-corrected chi connectivity index (χ4v) is 10.6. The highest BCUT2D eigenvalue weighted by molar-refractivity contribution is 5.85. The molecule has 0 bridgehead atoms. The van der Waals surface area contributed by atoms with Crippen LogP contribution in [-0.2, 0) is 9.59 Å². The lowest BCUT2D eigenvalue weighted by molar-refractivity contribution is -0.169. The van der Waals surface area contributed by atoms with Crippen molar-refractivity contribution in [2.24, 2.45) is 50.2 Å². The lowest BCUT2D eigenvalue weighted by atomic mass is 9.35. The van der Waals surface area contributed by atoms with Crippen molar-refractivity contribution in [2.75, 3.05) is 0 Å². The molecule has 0 aromatic carbocycles. The SMILES string of the molecule is CC1(C)CC[C@]2(C=O)CC=C3[C@]4(C)CC[C@H]5C(C)(C)C(=O)CC[C@]5(C)[C@H]4CC[C@@]3(C)[C@@H]2C1. The summed E-state index contributed by atoms with van der Waals surface area (Å²) in [7, 11) is 0. The summed E-state index contributed by atoms with van der Waals surface area (Å²) in [5.41, 5.74) is 2.32. The van der Waals surface area contributed by atoms with Crippen molar-refractivity contribution in [1.82, 2.24) is 0 Å². The topological polar surface area (TPSA) is 34.1 Å². The molecule has 5 aliphatic rings. The molecular weight excluding hydrogens is 392 g/mol. The van der Waals surface area contributed by atoms with Crippen LogP contribution in [0.3, 0.4) is 0 Å². The normalized spacial score (nSPS) is 51.4. The van der Waals surface area contributed by atoms with E-state index in [0.717, 1.165) is 25.7 Å². The summed E-state index contributed by atoms with van der Waals surface area (Å²) in [4.78, 5) is 25.5. The number of carbonyl (C=O) groups is 2. The Morgan fingerprint density at radius 3 is 2.09 bits per heavy atom. The molecule has 0 aliphatic heterocycles. The van der Waals surface area contributed by atoms with Gasteiger partial charge in [0, 0.05) is 17.3 Å². The average molecular weight is 439 g/mol. The van der Waals surface area contributed by atoms with E-state index in [-0.39, 0.29) is 27.1 Å². The average Bonchev–Trinajstić information content (AvgIpc) is 2.71. The van der Waals surface area contributed by atoms with Crippen LogP contribution in [0, 0.1) is 50.2 Å². The number of hydrogen-bond donors (Lipinski definition) is 0. The van der Waals surface area contributed by atoms with Gasteiger partial charge < -0.3 is 4.79 Å². The molecule has 0 N–H and O–H groups in total. The van der Waals surface area contributed by atoms with E-state index < -0.39 is 0 Å². The minimum Gasteiger partial charge on any atom is -0.303 e. The van der Waals surface area contributed by atoms with Gasteiger partial charge in [0.15, 0.2) is 0 Å². The Balaban J connectivity index is 1.58. The van der Waals surface area contributed by atoms with Crippen molar-refractivity contribution in [3.63, 3.8) is 0 Å². The monoisotopic (exact) mass is 438 g/mol. The maximum absolute atomic E-state index is 12.9. The third-order valence-corrected chi connectivity index (χ3v) is 12.4. The van der Waals surface area contributed by atoms with Crippen molar-refractivity contribution in [3.8, 4) is 0 Å². The van der Waals surface area contributed by atoms with Crippen LogP contribution in [0.2, 0.25) is 0 Å². The number of aldehydes is 1. The Bertz CT molecular complexity index is 879. The van der Waals surface area contributed by atoms with Gasteiger partial charge in [0.2, 0.25) is 0 Å². The molecule has 4 fully saturated rings. The van der Waals surface area contributed by atoms with Gasteiger partial charge in [-0.1, -0.05) is 60.1 Å². The predicted molar refractivity (Wildman–Crippen MR) is 130 cm³/mol. The highest BCUT2D eigenvalue weighted by atomic mass is 16.1. The first-order chi connectivity index (χ1) is 14.8. The summed E-state index contributed by atoms with van der Waals surface area (Å²) in [6.45, 7) is 17.0. The molecule has 0 aromatic rings. The quantitative estimate of drug-likeness (QED) is 0.313. The van der Waals surface area contributed by atoms with E-state index in [1.807, 2.05) is 0 Å². The molecule has 32 heavy (non-hydrogen) atoms. The molecule has 178 valence electrons. The third-order valence-electron chi connectivity index (χ3n) is 12.4. The minimum absolute atomic E-state index is 0.142. The predicted octanol–water partition coefficient (Wildman–Crippen LogP) is 7.56. The number of Topliss-reactive ketones (excluding diaryl/α,β-unsaturated/α-hetero) is 1. The van der Waals surface area contributed by atoms with E-state index in [2.05, 4.69) is 54.5 Å². The van der Waals surface area contributed by atoms with Crippen molar-refractivity contribution < 1.29 is 9.59 Å². The fourth-order valence-electron chi connectivity index (χ4n) is 10.6. The van der Waals surface area contributed by atoms with E-state index in [1.54, 1.807) is 5.57 Å². The largest absolute Gasteiger partial charge is 0.303 e. The first-order valence-electron chi connectivity index (χ1n) is 13.5. The number of hydrogen-bond acceptors (Lipinski definition) is 2. The Labute approximate surface area is 196 Å². The molecule has 0 heterocycles. The molecule has 2 heteroatoms. The first kappa shape index (κ1) is 22.9. The Morgan fingerprint density at radius 2 is 1.44 bits per heavy atom. The Kier molecular flexibility index (Phi) is 4.71. The molecule has 0 aromatic heterocycles. The zero-order valence-corrected chi connectivity index (χ0v) is 21.8. The minimum atomic E-state index is -0.184. The van der Waals surface area contributed by atoms with E-state index in [0.29, 0.717) is 29.0 Å². The number of fused-ring (bicyclic) bond motifs is 7. The Hall–Kier alpha value is -0.920. The lowest BCUT2D eigenvalue weighted by Crippen LogP contribution is -2.63. The van der Waals surface area contributed by atoms with Crippen molar-refractivity contribution in [3.05, 3.63) is 11.6 Å². The van der Waals surface area contributed by atoms with Crippen LogP contribution in [-0.4, -0.2) is 12.1 Å². The maximum atomic E-state index is 12.9. The summed E-state index contributed by atoms with van der Waals surface area (Å²) >= 11 is 0. The van der Waals surface area contributed by atoms with Crippen LogP contribution in [0.4, 0.5) is 0 Å². The van der Waals surface area contributed by atoms with Crippen molar-refractivity contribution in [2.45, 2.75) is 113 Å². The second-order valence-corrected chi connectivity index (χ2v) is 14.8. The summed E-state index contributed by atoms with van der Waals surface area (Å²) in [6, 6.07) is 0. The number of rotatable bonds is 1. The standard InChI is InChI=1S/C30H46O2/c1-25(2)16-17-30(19-31)15-10-22-28(6)12-8-20-26(3,4)24(32)11-14-27(20,5)21(28)9-13-29(22,7)23(30)18-25/h10,19-21,23H,8-9,11-18H2,1-7H3/t20-,21+,23-,27-,28+,29+,30-/m0/s1. The molecule has 0 amide bonds. The van der Waals surface area contributed by atoms with Gasteiger partial charge in [-0.05, 0) is 97.2 Å². The highest BCUT2D eigenvalue weighted by Crippen LogP contribution is 2.74. The molecule has 0 spiro atoms. The summed E-state index contributed by atoms with van der Waals surface area (Å²) < 4.78 is 0. The van der Waals surface area contributed by atoms with Crippen LogP contribution in [0.1, 0.15) is 113 Å². The number of allylic oxidation sites excluding steroid dienone is 2. The third kappa shape index (κ3) is 2.70. The van der Waals surface area contributed by atoms with E-state index in [4.69, 9.17) is 0 Å². The van der Waals surface area contributed by atoms with Crippen LogP contribution in [0.5, 0.6) is 0 Å². The van der Waals surface area contributed by atoms with Gasteiger partial charge in [0.25, 0.3) is 0 Å². The first-order valence-corrected chi connectivity index (χ1v) is 13.5. The van der Waals surface area contributed by atoms with Gasteiger partial charge in [-0.2, -0.15) is 0 Å². The number of ketones is 1. The zero-order chi connectivity index (χ0) is 23.4. The second kappa shape index (κ2) is 6.60. The summed E-state index contributed by atoms with van der Waals surface area (Å²) in [6.07, 6.45) is 15.0. The summed E-state index contributed by atoms with van der Waals surface area (Å²) in [5.74, 6) is 2.12. The van der Waals surface area contributed by atoms with Crippen LogP contribution < -0.4 is 0 Å². The van der Waals surface area contributed by atoms with Gasteiger partial charge in [0.1, 0.15) is 12.1 Å². The molecule has 5 aliphatic carbocycles. The lowest BCUT2D eigenvalue weighted by Gasteiger charge is -2.69. The summed E-state index contributed by atoms with van der Waals surface area (Å²) in [5, 5.41) is 0. The second-order valence-electron chi connectivity index (χ2n) is 14.8. The van der Waals surface area contributed by atoms with E-state index in [9.17, 15) is 9.59 Å². The van der Waals surface area contributed by atoms with Gasteiger partial charge >= 0.3 is 0 Å². The molecular formula is C30H46O2. The molecule has 4 saturated carbocycles. The molecule has 7 atom stereocenters. The maximum Gasteiger partial charge on any atom is 0.138 e. The molecule has 5 rings (SSSR count). The zero-order valence-electron chi connectivity index (χ0n) is 21.8. The van der Waals surface area contributed by atoms with Crippen LogP contribution >= 0.6 is 0 Å². The van der Waals surface area contributed by atoms with Crippen LogP contribution in [0.15, 0.2) is 11.6 Å². The van der Waals surface area contributed by atoms with Gasteiger partial charge in [0.05, 0.1) is 0 Å². The van der Waals surface area contributed by atoms with Gasteiger partial charge in [-0.15, -0.1) is 0 Å². The molecule has 0 radical (unpaired) electrons. The fraction of sp³-hybridized carbons (Fsp3) is 0.867.